The van der Waals surface area contributed by atoms with E-state index in [0.717, 1.165) is 18.7 Å². The fourth-order valence-electron chi connectivity index (χ4n) is 2.16. The summed E-state index contributed by atoms with van der Waals surface area (Å²) in [6.07, 6.45) is 5.70. The minimum atomic E-state index is -0.369. The molecule has 0 amide bonds. The molecule has 2 aromatic rings. The highest BCUT2D eigenvalue weighted by Crippen LogP contribution is 2.19. The molecule has 0 spiro atoms. The van der Waals surface area contributed by atoms with E-state index < -0.39 is 0 Å². The van der Waals surface area contributed by atoms with E-state index in [2.05, 4.69) is 10.4 Å². The Labute approximate surface area is 122 Å². The van der Waals surface area contributed by atoms with E-state index in [0.29, 0.717) is 12.0 Å². The van der Waals surface area contributed by atoms with Crippen molar-refractivity contribution >= 4 is 11.6 Å². The minimum absolute atomic E-state index is 0.0281. The van der Waals surface area contributed by atoms with Crippen molar-refractivity contribution in [3.05, 3.63) is 52.8 Å². The van der Waals surface area contributed by atoms with Crippen molar-refractivity contribution in [3.63, 3.8) is 0 Å². The maximum atomic E-state index is 13.9. The first kappa shape index (κ1) is 15.0. The van der Waals surface area contributed by atoms with Crippen LogP contribution in [0.5, 0.6) is 0 Å². The molecule has 108 valence electrons. The largest absolute Gasteiger partial charge is 0.338 e. The summed E-state index contributed by atoms with van der Waals surface area (Å²) >= 11 is 5.78. The molecule has 0 fully saturated rings. The highest BCUT2D eigenvalue weighted by Gasteiger charge is 2.13. The summed E-state index contributed by atoms with van der Waals surface area (Å²) in [6.45, 7) is 0. The minimum Gasteiger partial charge on any atom is -0.338 e. The van der Waals surface area contributed by atoms with E-state index in [4.69, 9.17) is 17.4 Å². The number of hydrogen-bond donors (Lipinski definition) is 2. The van der Waals surface area contributed by atoms with Gasteiger partial charge in [-0.25, -0.2) is 9.37 Å². The summed E-state index contributed by atoms with van der Waals surface area (Å²) in [7, 11) is 1.95. The van der Waals surface area contributed by atoms with Crippen LogP contribution in [0.2, 0.25) is 5.02 Å². The molecule has 4 nitrogen and oxygen atoms in total. The number of nitrogens with two attached hydrogens (primary N) is 1. The highest BCUT2D eigenvalue weighted by atomic mass is 35.5. The molecule has 1 heterocycles. The first-order valence-corrected chi connectivity index (χ1v) is 6.85. The van der Waals surface area contributed by atoms with Crippen molar-refractivity contribution in [2.24, 2.45) is 12.9 Å². The molecule has 0 bridgehead atoms. The Morgan fingerprint density at radius 2 is 2.30 bits per heavy atom. The lowest BCUT2D eigenvalue weighted by Crippen LogP contribution is -2.37. The van der Waals surface area contributed by atoms with Gasteiger partial charge in [0, 0.05) is 31.9 Å². The van der Waals surface area contributed by atoms with Gasteiger partial charge < -0.3 is 4.57 Å². The molecule has 0 aliphatic heterocycles. The zero-order chi connectivity index (χ0) is 14.5. The molecule has 1 atom stereocenters. The molecule has 0 aliphatic rings. The summed E-state index contributed by atoms with van der Waals surface area (Å²) in [5, 5.41) is 0.141. The molecule has 0 saturated heterocycles. The Kier molecular flexibility index (Phi) is 5.11. The molecule has 2 rings (SSSR count). The zero-order valence-corrected chi connectivity index (χ0v) is 12.1. The van der Waals surface area contributed by atoms with E-state index in [9.17, 15) is 4.39 Å². The van der Waals surface area contributed by atoms with Gasteiger partial charge in [0.25, 0.3) is 0 Å². The normalized spacial score (nSPS) is 12.6. The number of hydrazine groups is 1. The number of halogens is 2. The van der Waals surface area contributed by atoms with Gasteiger partial charge in [-0.15, -0.1) is 0 Å². The van der Waals surface area contributed by atoms with Gasteiger partial charge in [0.15, 0.2) is 0 Å². The Morgan fingerprint density at radius 3 is 2.95 bits per heavy atom. The first-order chi connectivity index (χ1) is 9.61. The second-order valence-corrected chi connectivity index (χ2v) is 5.18. The maximum Gasteiger partial charge on any atom is 0.145 e. The second kappa shape index (κ2) is 6.83. The lowest BCUT2D eigenvalue weighted by molar-refractivity contribution is 0.473. The molecule has 1 aromatic carbocycles. The summed E-state index contributed by atoms with van der Waals surface area (Å²) in [4.78, 5) is 4.26. The van der Waals surface area contributed by atoms with Crippen LogP contribution in [0.4, 0.5) is 4.39 Å². The van der Waals surface area contributed by atoms with Gasteiger partial charge in [-0.3, -0.25) is 11.3 Å². The van der Waals surface area contributed by atoms with Crippen LogP contribution in [0, 0.1) is 5.82 Å². The van der Waals surface area contributed by atoms with Crippen LogP contribution in [0.25, 0.3) is 0 Å². The third kappa shape index (κ3) is 3.56. The molecule has 3 N–H and O–H groups in total. The van der Waals surface area contributed by atoms with Gasteiger partial charge in [-0.2, -0.15) is 0 Å². The number of hydrogen-bond acceptors (Lipinski definition) is 3. The van der Waals surface area contributed by atoms with Crippen molar-refractivity contribution < 1.29 is 4.39 Å². The molecule has 1 unspecified atom stereocenters. The lowest BCUT2D eigenvalue weighted by Gasteiger charge is -2.16. The van der Waals surface area contributed by atoms with Crippen molar-refractivity contribution in [1.29, 1.82) is 0 Å². The van der Waals surface area contributed by atoms with E-state index in [1.165, 1.54) is 0 Å². The van der Waals surface area contributed by atoms with Gasteiger partial charge in [0.1, 0.15) is 11.6 Å². The summed E-state index contributed by atoms with van der Waals surface area (Å²) in [5.41, 5.74) is 3.30. The lowest BCUT2D eigenvalue weighted by atomic mass is 10.0. The number of benzene rings is 1. The maximum absolute atomic E-state index is 13.9. The third-order valence-electron chi connectivity index (χ3n) is 3.37. The molecular formula is C14H18ClFN4. The standard InChI is InChI=1S/C14H18ClFN4/c1-20-8-7-18-13(20)6-5-11(19-17)9-10-3-2-4-12(15)14(10)16/h2-4,7-8,11,19H,5-6,9,17H2,1H3. The zero-order valence-electron chi connectivity index (χ0n) is 11.3. The molecule has 0 aliphatic carbocycles. The highest BCUT2D eigenvalue weighted by molar-refractivity contribution is 6.30. The van der Waals surface area contributed by atoms with Crippen LogP contribution in [0.15, 0.2) is 30.6 Å². The van der Waals surface area contributed by atoms with E-state index in [1.54, 1.807) is 24.4 Å². The van der Waals surface area contributed by atoms with Crippen LogP contribution in [0.3, 0.4) is 0 Å². The number of nitrogens with zero attached hydrogens (tertiary/aromatic N) is 2. The van der Waals surface area contributed by atoms with Crippen molar-refractivity contribution in [3.8, 4) is 0 Å². The molecule has 1 aromatic heterocycles. The number of imidazole rings is 1. The van der Waals surface area contributed by atoms with E-state index >= 15 is 0 Å². The van der Waals surface area contributed by atoms with Crippen LogP contribution in [0.1, 0.15) is 17.8 Å². The number of aromatic nitrogens is 2. The fraction of sp³-hybridized carbons (Fsp3) is 0.357. The van der Waals surface area contributed by atoms with Crippen molar-refractivity contribution in [2.45, 2.75) is 25.3 Å². The van der Waals surface area contributed by atoms with Crippen LogP contribution < -0.4 is 11.3 Å². The van der Waals surface area contributed by atoms with Crippen LogP contribution >= 0.6 is 11.6 Å². The number of aryl methyl sites for hydroxylation is 2. The smallest absolute Gasteiger partial charge is 0.145 e. The number of rotatable bonds is 6. The van der Waals surface area contributed by atoms with E-state index in [1.807, 2.05) is 17.8 Å². The number of nitrogens with one attached hydrogen (secondary N) is 1. The average Bonchev–Trinajstić information content (AvgIpc) is 2.85. The topological polar surface area (TPSA) is 55.9 Å². The molecule has 0 radical (unpaired) electrons. The van der Waals surface area contributed by atoms with Gasteiger partial charge in [0.05, 0.1) is 5.02 Å². The summed E-state index contributed by atoms with van der Waals surface area (Å²) in [6, 6.07) is 4.98. The SMILES string of the molecule is Cn1ccnc1CCC(Cc1cccc(Cl)c1F)NN. The van der Waals surface area contributed by atoms with Crippen molar-refractivity contribution in [2.75, 3.05) is 0 Å². The van der Waals surface area contributed by atoms with Gasteiger partial charge in [0.2, 0.25) is 0 Å². The van der Waals surface area contributed by atoms with Crippen LogP contribution in [-0.4, -0.2) is 15.6 Å². The second-order valence-electron chi connectivity index (χ2n) is 4.77. The Bertz CT molecular complexity index is 570. The molecule has 20 heavy (non-hydrogen) atoms. The molecule has 6 heteroatoms. The van der Waals surface area contributed by atoms with Gasteiger partial charge in [-0.1, -0.05) is 23.7 Å². The Balaban J connectivity index is 1.99. The van der Waals surface area contributed by atoms with Gasteiger partial charge >= 0.3 is 0 Å². The third-order valence-corrected chi connectivity index (χ3v) is 3.66. The summed E-state index contributed by atoms with van der Waals surface area (Å²) < 4.78 is 15.8. The van der Waals surface area contributed by atoms with Gasteiger partial charge in [-0.05, 0) is 24.5 Å². The summed E-state index contributed by atoms with van der Waals surface area (Å²) in [5.74, 6) is 6.17. The monoisotopic (exact) mass is 296 g/mol. The molecule has 0 saturated carbocycles. The predicted octanol–water partition coefficient (Wildman–Crippen LogP) is 2.22. The Hall–Kier alpha value is -1.43. The van der Waals surface area contributed by atoms with Crippen molar-refractivity contribution in [1.82, 2.24) is 15.0 Å². The fourth-order valence-corrected chi connectivity index (χ4v) is 2.35. The Morgan fingerprint density at radius 1 is 1.50 bits per heavy atom. The van der Waals surface area contributed by atoms with E-state index in [-0.39, 0.29) is 16.9 Å². The quantitative estimate of drug-likeness (QED) is 0.635. The van der Waals surface area contributed by atoms with Crippen LogP contribution in [-0.2, 0) is 19.9 Å². The average molecular weight is 297 g/mol. The molecular weight excluding hydrogens is 279 g/mol. The predicted molar refractivity (Wildman–Crippen MR) is 77.8 cm³/mol. The first-order valence-electron chi connectivity index (χ1n) is 6.47.